The monoisotopic (exact) mass is 212 g/mol. The van der Waals surface area contributed by atoms with Crippen LogP contribution in [-0.2, 0) is 0 Å². The molecule has 76 valence electrons. The molecule has 1 aromatic heterocycles. The third-order valence-corrected chi connectivity index (χ3v) is 2.99. The minimum absolute atomic E-state index is 0.0355. The first-order valence-electron chi connectivity index (χ1n) is 4.61. The van der Waals surface area contributed by atoms with Crippen molar-refractivity contribution in [2.24, 2.45) is 5.73 Å². The van der Waals surface area contributed by atoms with Crippen LogP contribution in [0, 0.1) is 0 Å². The number of hydrogen-bond donors (Lipinski definition) is 1. The number of nitrogens with zero attached hydrogens (tertiary/aromatic N) is 3. The summed E-state index contributed by atoms with van der Waals surface area (Å²) in [4.78, 5) is 13.7. The summed E-state index contributed by atoms with van der Waals surface area (Å²) < 4.78 is 3.68. The lowest BCUT2D eigenvalue weighted by molar-refractivity contribution is 0.0735. The Kier molecular flexibility index (Phi) is 2.74. The molecular weight excluding hydrogens is 200 g/mol. The molecular formula is C8H12N4OS. The SMILES string of the molecule is NCC1CCCN1C(=O)c1csnn1. The topological polar surface area (TPSA) is 72.1 Å². The van der Waals surface area contributed by atoms with Crippen LogP contribution in [0.25, 0.3) is 0 Å². The number of carbonyl (C=O) groups excluding carboxylic acids is 1. The van der Waals surface area contributed by atoms with Crippen LogP contribution in [0.5, 0.6) is 0 Å². The average Bonchev–Trinajstić information content (AvgIpc) is 2.87. The van der Waals surface area contributed by atoms with Gasteiger partial charge in [-0.1, -0.05) is 4.49 Å². The molecule has 0 bridgehead atoms. The molecule has 2 heterocycles. The largest absolute Gasteiger partial charge is 0.333 e. The van der Waals surface area contributed by atoms with Crippen molar-refractivity contribution in [2.75, 3.05) is 13.1 Å². The highest BCUT2D eigenvalue weighted by atomic mass is 32.1. The fourth-order valence-electron chi connectivity index (χ4n) is 1.75. The third kappa shape index (κ3) is 1.62. The lowest BCUT2D eigenvalue weighted by atomic mass is 10.2. The number of rotatable bonds is 2. The molecule has 5 nitrogen and oxygen atoms in total. The molecule has 1 aliphatic rings. The number of aromatic nitrogens is 2. The van der Waals surface area contributed by atoms with Gasteiger partial charge >= 0.3 is 0 Å². The van der Waals surface area contributed by atoms with E-state index >= 15 is 0 Å². The van der Waals surface area contributed by atoms with Gasteiger partial charge in [-0.2, -0.15) is 0 Å². The van der Waals surface area contributed by atoms with Crippen molar-refractivity contribution in [1.82, 2.24) is 14.5 Å². The molecule has 2 N–H and O–H groups in total. The molecule has 14 heavy (non-hydrogen) atoms. The van der Waals surface area contributed by atoms with Gasteiger partial charge in [-0.25, -0.2) is 0 Å². The summed E-state index contributed by atoms with van der Waals surface area (Å²) >= 11 is 1.20. The van der Waals surface area contributed by atoms with Crippen molar-refractivity contribution in [3.63, 3.8) is 0 Å². The second-order valence-corrected chi connectivity index (χ2v) is 3.93. The predicted molar refractivity (Wildman–Crippen MR) is 53.0 cm³/mol. The molecule has 1 fully saturated rings. The molecule has 1 aromatic rings. The highest BCUT2D eigenvalue weighted by molar-refractivity contribution is 7.03. The van der Waals surface area contributed by atoms with E-state index in [4.69, 9.17) is 5.73 Å². The van der Waals surface area contributed by atoms with Crippen LogP contribution in [-0.4, -0.2) is 39.5 Å². The number of likely N-dealkylation sites (tertiary alicyclic amines) is 1. The van der Waals surface area contributed by atoms with Crippen molar-refractivity contribution >= 4 is 17.4 Å². The minimum Gasteiger partial charge on any atom is -0.333 e. The summed E-state index contributed by atoms with van der Waals surface area (Å²) in [7, 11) is 0. The second-order valence-electron chi connectivity index (χ2n) is 3.32. The second kappa shape index (κ2) is 4.02. The Bertz CT molecular complexity index is 313. The van der Waals surface area contributed by atoms with Gasteiger partial charge < -0.3 is 10.6 Å². The van der Waals surface area contributed by atoms with Gasteiger partial charge in [-0.15, -0.1) is 5.10 Å². The number of carbonyl (C=O) groups is 1. The fraction of sp³-hybridized carbons (Fsp3) is 0.625. The van der Waals surface area contributed by atoms with Gasteiger partial charge in [0.1, 0.15) is 0 Å². The Morgan fingerprint density at radius 2 is 2.64 bits per heavy atom. The van der Waals surface area contributed by atoms with Gasteiger partial charge in [0.15, 0.2) is 5.69 Å². The van der Waals surface area contributed by atoms with Crippen molar-refractivity contribution in [2.45, 2.75) is 18.9 Å². The van der Waals surface area contributed by atoms with Gasteiger partial charge in [0.05, 0.1) is 0 Å². The number of nitrogens with two attached hydrogens (primary N) is 1. The zero-order valence-corrected chi connectivity index (χ0v) is 8.54. The van der Waals surface area contributed by atoms with E-state index in [9.17, 15) is 4.79 Å². The summed E-state index contributed by atoms with van der Waals surface area (Å²) in [5.74, 6) is -0.0355. The molecule has 1 amide bonds. The molecule has 6 heteroatoms. The quantitative estimate of drug-likeness (QED) is 0.754. The molecule has 2 rings (SSSR count). The smallest absolute Gasteiger partial charge is 0.275 e. The Balaban J connectivity index is 2.11. The maximum absolute atomic E-state index is 11.9. The highest BCUT2D eigenvalue weighted by Gasteiger charge is 2.29. The molecule has 0 radical (unpaired) electrons. The van der Waals surface area contributed by atoms with E-state index in [-0.39, 0.29) is 11.9 Å². The number of hydrogen-bond acceptors (Lipinski definition) is 5. The molecule has 1 aliphatic heterocycles. The van der Waals surface area contributed by atoms with Gasteiger partial charge in [0, 0.05) is 24.5 Å². The van der Waals surface area contributed by atoms with Gasteiger partial charge in [-0.05, 0) is 24.4 Å². The van der Waals surface area contributed by atoms with Crippen molar-refractivity contribution in [1.29, 1.82) is 0 Å². The zero-order valence-electron chi connectivity index (χ0n) is 7.72. The van der Waals surface area contributed by atoms with Crippen LogP contribution >= 0.6 is 11.5 Å². The van der Waals surface area contributed by atoms with E-state index in [2.05, 4.69) is 9.59 Å². The van der Waals surface area contributed by atoms with Crippen LogP contribution < -0.4 is 5.73 Å². The van der Waals surface area contributed by atoms with Crippen molar-refractivity contribution in [3.8, 4) is 0 Å². The van der Waals surface area contributed by atoms with E-state index < -0.39 is 0 Å². The molecule has 0 saturated carbocycles. The van der Waals surface area contributed by atoms with E-state index in [0.717, 1.165) is 19.4 Å². The van der Waals surface area contributed by atoms with Gasteiger partial charge in [0.25, 0.3) is 5.91 Å². The number of amides is 1. The summed E-state index contributed by atoms with van der Waals surface area (Å²) in [6, 6.07) is 0.184. The summed E-state index contributed by atoms with van der Waals surface area (Å²) in [6.45, 7) is 1.32. The van der Waals surface area contributed by atoms with Crippen LogP contribution in [0.1, 0.15) is 23.3 Å². The van der Waals surface area contributed by atoms with Crippen molar-refractivity contribution < 1.29 is 4.79 Å². The Morgan fingerprint density at radius 3 is 3.29 bits per heavy atom. The first-order chi connectivity index (χ1) is 6.83. The molecule has 1 saturated heterocycles. The maximum Gasteiger partial charge on any atom is 0.275 e. The van der Waals surface area contributed by atoms with Crippen LogP contribution in [0.15, 0.2) is 5.38 Å². The zero-order chi connectivity index (χ0) is 9.97. The Morgan fingerprint density at radius 1 is 1.79 bits per heavy atom. The van der Waals surface area contributed by atoms with Crippen LogP contribution in [0.2, 0.25) is 0 Å². The maximum atomic E-state index is 11.9. The molecule has 0 aliphatic carbocycles. The Hall–Kier alpha value is -1.01. The summed E-state index contributed by atoms with van der Waals surface area (Å²) in [5.41, 5.74) is 6.03. The first-order valence-corrected chi connectivity index (χ1v) is 5.44. The first kappa shape index (κ1) is 9.54. The third-order valence-electron chi connectivity index (χ3n) is 2.49. The molecule has 1 atom stereocenters. The Labute approximate surface area is 86.1 Å². The van der Waals surface area contributed by atoms with E-state index in [1.807, 2.05) is 0 Å². The fourth-order valence-corrected chi connectivity index (χ4v) is 2.18. The van der Waals surface area contributed by atoms with Crippen LogP contribution in [0.4, 0.5) is 0 Å². The molecule has 1 unspecified atom stereocenters. The lowest BCUT2D eigenvalue weighted by Gasteiger charge is -2.21. The predicted octanol–water partition coefficient (Wildman–Crippen LogP) is 0.101. The minimum atomic E-state index is -0.0355. The highest BCUT2D eigenvalue weighted by Crippen LogP contribution is 2.18. The average molecular weight is 212 g/mol. The lowest BCUT2D eigenvalue weighted by Crippen LogP contribution is -2.40. The van der Waals surface area contributed by atoms with E-state index in [1.165, 1.54) is 11.5 Å². The van der Waals surface area contributed by atoms with Crippen LogP contribution in [0.3, 0.4) is 0 Å². The summed E-state index contributed by atoms with van der Waals surface area (Å²) in [6.07, 6.45) is 2.03. The summed E-state index contributed by atoms with van der Waals surface area (Å²) in [5, 5.41) is 5.44. The van der Waals surface area contributed by atoms with E-state index in [0.29, 0.717) is 12.2 Å². The normalized spacial score (nSPS) is 21.5. The van der Waals surface area contributed by atoms with Gasteiger partial charge in [-0.3, -0.25) is 4.79 Å². The molecule has 0 aromatic carbocycles. The molecule has 0 spiro atoms. The van der Waals surface area contributed by atoms with Crippen molar-refractivity contribution in [3.05, 3.63) is 11.1 Å². The van der Waals surface area contributed by atoms with E-state index in [1.54, 1.807) is 10.3 Å². The van der Waals surface area contributed by atoms with Gasteiger partial charge in [0.2, 0.25) is 0 Å². The standard InChI is InChI=1S/C8H12N4OS/c9-4-6-2-1-3-12(6)8(13)7-5-14-11-10-7/h5-6H,1-4,9H2.